The quantitative estimate of drug-likeness (QED) is 0.844. The van der Waals surface area contributed by atoms with Crippen LogP contribution in [0.3, 0.4) is 0 Å². The largest absolute Gasteiger partial charge is 0.329 e. The Hall–Kier alpha value is -1.26. The lowest BCUT2D eigenvalue weighted by Gasteiger charge is -2.23. The molecule has 0 aliphatic carbocycles. The van der Waals surface area contributed by atoms with Crippen LogP contribution in [0.25, 0.3) is 0 Å². The Morgan fingerprint density at radius 3 is 2.95 bits per heavy atom. The monoisotopic (exact) mass is 287 g/mol. The van der Waals surface area contributed by atoms with Crippen LogP contribution >= 0.6 is 11.8 Å². The first kappa shape index (κ1) is 13.7. The van der Waals surface area contributed by atoms with Gasteiger partial charge in [0.1, 0.15) is 5.82 Å². The Morgan fingerprint density at radius 1 is 1.35 bits per heavy atom. The Balaban J connectivity index is 1.67. The van der Waals surface area contributed by atoms with E-state index in [2.05, 4.69) is 69.8 Å². The zero-order valence-corrected chi connectivity index (χ0v) is 12.7. The van der Waals surface area contributed by atoms with Gasteiger partial charge < -0.3 is 4.57 Å². The number of benzene rings is 1. The van der Waals surface area contributed by atoms with Gasteiger partial charge in [-0.15, -0.1) is 0 Å². The predicted octanol–water partition coefficient (Wildman–Crippen LogP) is 2.87. The molecule has 0 saturated carbocycles. The van der Waals surface area contributed by atoms with Gasteiger partial charge in [-0.1, -0.05) is 30.3 Å². The average molecular weight is 287 g/mol. The highest BCUT2D eigenvalue weighted by Crippen LogP contribution is 2.22. The highest BCUT2D eigenvalue weighted by Gasteiger charge is 2.21. The van der Waals surface area contributed by atoms with Crippen LogP contribution in [0.1, 0.15) is 17.8 Å². The van der Waals surface area contributed by atoms with Crippen molar-refractivity contribution in [3.8, 4) is 0 Å². The summed E-state index contributed by atoms with van der Waals surface area (Å²) in [6.45, 7) is 1.84. The minimum absolute atomic E-state index is 0.710. The smallest absolute Gasteiger partial charge is 0.123 e. The first-order valence-corrected chi connectivity index (χ1v) is 8.30. The minimum atomic E-state index is 0.710. The number of rotatable bonds is 5. The number of imidazole rings is 1. The molecule has 3 nitrogen and oxygen atoms in total. The lowest BCUT2D eigenvalue weighted by molar-refractivity contribution is 0.245. The van der Waals surface area contributed by atoms with E-state index >= 15 is 0 Å². The van der Waals surface area contributed by atoms with E-state index in [9.17, 15) is 0 Å². The van der Waals surface area contributed by atoms with Crippen LogP contribution in [0.5, 0.6) is 0 Å². The molecule has 1 fully saturated rings. The van der Waals surface area contributed by atoms with E-state index in [0.717, 1.165) is 18.9 Å². The molecule has 1 aromatic carbocycles. The van der Waals surface area contributed by atoms with Crippen molar-refractivity contribution in [2.75, 3.05) is 18.6 Å². The van der Waals surface area contributed by atoms with Gasteiger partial charge in [0.2, 0.25) is 0 Å². The van der Waals surface area contributed by atoms with Crippen molar-refractivity contribution in [2.24, 2.45) is 0 Å². The van der Waals surface area contributed by atoms with Gasteiger partial charge in [0.25, 0.3) is 0 Å². The first-order valence-electron chi connectivity index (χ1n) is 7.15. The third kappa shape index (κ3) is 3.25. The second kappa shape index (κ2) is 6.46. The molecule has 106 valence electrons. The van der Waals surface area contributed by atoms with E-state index in [-0.39, 0.29) is 0 Å². The summed E-state index contributed by atoms with van der Waals surface area (Å²) in [5, 5.41) is 0. The molecule has 4 heteroatoms. The summed E-state index contributed by atoms with van der Waals surface area (Å²) in [7, 11) is 2.22. The molecule has 0 unspecified atom stereocenters. The lowest BCUT2D eigenvalue weighted by Crippen LogP contribution is -2.32. The number of aromatic nitrogens is 2. The third-order valence-corrected chi connectivity index (χ3v) is 5.06. The summed E-state index contributed by atoms with van der Waals surface area (Å²) in [4.78, 5) is 6.99. The molecule has 1 aliphatic rings. The lowest BCUT2D eigenvalue weighted by atomic mass is 10.2. The number of thioether (sulfide) groups is 1. The van der Waals surface area contributed by atoms with E-state index < -0.39 is 0 Å². The number of hydrogen-bond acceptors (Lipinski definition) is 3. The van der Waals surface area contributed by atoms with Crippen LogP contribution in [0.2, 0.25) is 0 Å². The molecule has 2 heterocycles. The van der Waals surface area contributed by atoms with Crippen molar-refractivity contribution in [1.29, 1.82) is 0 Å². The molecule has 0 radical (unpaired) electrons. The second-order valence-corrected chi connectivity index (χ2v) is 6.54. The van der Waals surface area contributed by atoms with Crippen molar-refractivity contribution < 1.29 is 0 Å². The van der Waals surface area contributed by atoms with E-state index in [1.54, 1.807) is 0 Å². The minimum Gasteiger partial charge on any atom is -0.329 e. The van der Waals surface area contributed by atoms with E-state index in [1.165, 1.54) is 23.5 Å². The van der Waals surface area contributed by atoms with Crippen LogP contribution in [-0.2, 0) is 13.1 Å². The molecule has 1 saturated heterocycles. The Kier molecular flexibility index (Phi) is 4.43. The SMILES string of the molecule is CN(Cc1nccn1Cc1ccccc1)[C@H]1CCSC1. The van der Waals surface area contributed by atoms with Gasteiger partial charge >= 0.3 is 0 Å². The maximum Gasteiger partial charge on any atom is 0.123 e. The molecule has 1 aliphatic heterocycles. The highest BCUT2D eigenvalue weighted by atomic mass is 32.2. The molecule has 20 heavy (non-hydrogen) atoms. The molecule has 1 atom stereocenters. The standard InChI is InChI=1S/C16H21N3S/c1-18(15-7-10-20-13-15)12-16-17-8-9-19(16)11-14-5-3-2-4-6-14/h2-6,8-9,15H,7,10-13H2,1H3/t15-/m0/s1. The van der Waals surface area contributed by atoms with Crippen molar-refractivity contribution >= 4 is 11.8 Å². The zero-order chi connectivity index (χ0) is 13.8. The van der Waals surface area contributed by atoms with Gasteiger partial charge in [0, 0.05) is 30.7 Å². The van der Waals surface area contributed by atoms with Crippen LogP contribution in [-0.4, -0.2) is 39.0 Å². The van der Waals surface area contributed by atoms with Crippen LogP contribution in [0.4, 0.5) is 0 Å². The zero-order valence-electron chi connectivity index (χ0n) is 11.9. The average Bonchev–Trinajstić information content (AvgIpc) is 3.12. The van der Waals surface area contributed by atoms with Gasteiger partial charge in [-0.05, 0) is 24.8 Å². The van der Waals surface area contributed by atoms with Gasteiger partial charge in [0.05, 0.1) is 6.54 Å². The fraction of sp³-hybridized carbons (Fsp3) is 0.438. The normalized spacial score (nSPS) is 18.8. The summed E-state index contributed by atoms with van der Waals surface area (Å²) in [6.07, 6.45) is 5.30. The van der Waals surface area contributed by atoms with Gasteiger partial charge in [-0.25, -0.2) is 4.98 Å². The molecule has 0 amide bonds. The van der Waals surface area contributed by atoms with Crippen LogP contribution < -0.4 is 0 Å². The summed E-state index contributed by atoms with van der Waals surface area (Å²) in [5.41, 5.74) is 1.32. The van der Waals surface area contributed by atoms with E-state index in [1.807, 2.05) is 6.20 Å². The van der Waals surface area contributed by atoms with E-state index in [0.29, 0.717) is 6.04 Å². The first-order chi connectivity index (χ1) is 9.83. The molecule has 0 bridgehead atoms. The van der Waals surface area contributed by atoms with Gasteiger partial charge in [0.15, 0.2) is 0 Å². The summed E-state index contributed by atoms with van der Waals surface area (Å²) >= 11 is 2.06. The summed E-state index contributed by atoms with van der Waals surface area (Å²) in [5.74, 6) is 3.72. The van der Waals surface area contributed by atoms with Crippen LogP contribution in [0.15, 0.2) is 42.7 Å². The second-order valence-electron chi connectivity index (χ2n) is 5.39. The topological polar surface area (TPSA) is 21.1 Å². The van der Waals surface area contributed by atoms with Crippen LogP contribution in [0, 0.1) is 0 Å². The van der Waals surface area contributed by atoms with Crippen molar-refractivity contribution in [3.05, 3.63) is 54.1 Å². The van der Waals surface area contributed by atoms with E-state index in [4.69, 9.17) is 0 Å². The molecule has 0 spiro atoms. The highest BCUT2D eigenvalue weighted by molar-refractivity contribution is 7.99. The Labute approximate surface area is 125 Å². The maximum absolute atomic E-state index is 4.54. The summed E-state index contributed by atoms with van der Waals surface area (Å²) < 4.78 is 2.26. The fourth-order valence-corrected chi connectivity index (χ4v) is 3.94. The predicted molar refractivity (Wildman–Crippen MR) is 85.0 cm³/mol. The Bertz CT molecular complexity index is 532. The molecular formula is C16H21N3S. The molecule has 0 N–H and O–H groups in total. The third-order valence-electron chi connectivity index (χ3n) is 3.92. The molecule has 2 aromatic rings. The van der Waals surface area contributed by atoms with Crippen molar-refractivity contribution in [2.45, 2.75) is 25.6 Å². The van der Waals surface area contributed by atoms with Gasteiger partial charge in [-0.2, -0.15) is 11.8 Å². The maximum atomic E-state index is 4.54. The van der Waals surface area contributed by atoms with Crippen molar-refractivity contribution in [1.82, 2.24) is 14.5 Å². The Morgan fingerprint density at radius 2 is 2.20 bits per heavy atom. The summed E-state index contributed by atoms with van der Waals surface area (Å²) in [6, 6.07) is 11.3. The molecule has 3 rings (SSSR count). The molecule has 1 aromatic heterocycles. The number of nitrogens with zero attached hydrogens (tertiary/aromatic N) is 3. The van der Waals surface area contributed by atoms with Crippen molar-refractivity contribution in [3.63, 3.8) is 0 Å². The number of hydrogen-bond donors (Lipinski definition) is 0. The fourth-order valence-electron chi connectivity index (χ4n) is 2.64. The molecular weight excluding hydrogens is 266 g/mol. The van der Waals surface area contributed by atoms with Gasteiger partial charge in [-0.3, -0.25) is 4.90 Å².